The van der Waals surface area contributed by atoms with E-state index in [-0.39, 0.29) is 5.92 Å². The van der Waals surface area contributed by atoms with Gasteiger partial charge in [0.15, 0.2) is 0 Å². The van der Waals surface area contributed by atoms with Gasteiger partial charge in [-0.3, -0.25) is 9.69 Å². The number of fused-ring (bicyclic) bond motifs is 1. The number of amides is 1. The number of nitrogens with two attached hydrogens (primary N) is 1. The Bertz CT molecular complexity index is 1360. The second-order valence-electron chi connectivity index (χ2n) is 10.6. The minimum atomic E-state index is 0.142. The fraction of sp³-hybridized carbons (Fsp3) is 0.355. The summed E-state index contributed by atoms with van der Waals surface area (Å²) < 4.78 is 0. The second-order valence-corrected chi connectivity index (χ2v) is 10.6. The summed E-state index contributed by atoms with van der Waals surface area (Å²) >= 11 is 0. The van der Waals surface area contributed by atoms with E-state index in [2.05, 4.69) is 74.4 Å². The molecule has 0 radical (unpaired) electrons. The third-order valence-corrected chi connectivity index (χ3v) is 8.21. The van der Waals surface area contributed by atoms with Gasteiger partial charge in [0.05, 0.1) is 0 Å². The number of carbonyl (C=O) groups excluding carboxylic acids is 1. The summed E-state index contributed by atoms with van der Waals surface area (Å²) in [6, 6.07) is 23.2. The topological polar surface area (TPSA) is 78.2 Å². The van der Waals surface area contributed by atoms with E-state index in [1.54, 1.807) is 6.20 Å². The second kappa shape index (κ2) is 10.4. The summed E-state index contributed by atoms with van der Waals surface area (Å²) in [7, 11) is 0. The molecule has 0 aliphatic carbocycles. The molecule has 4 heterocycles. The lowest BCUT2D eigenvalue weighted by atomic mass is 9.85. The molecule has 2 aromatic carbocycles. The van der Waals surface area contributed by atoms with Crippen molar-refractivity contribution >= 4 is 22.6 Å². The molecule has 6 heteroatoms. The van der Waals surface area contributed by atoms with Crippen LogP contribution in [0.15, 0.2) is 72.9 Å². The molecule has 6 nitrogen and oxygen atoms in total. The highest BCUT2D eigenvalue weighted by Crippen LogP contribution is 2.40. The van der Waals surface area contributed by atoms with Crippen molar-refractivity contribution in [3.8, 4) is 11.3 Å². The first-order chi connectivity index (χ1) is 18.2. The number of hydrogen-bond donors (Lipinski definition) is 2. The Morgan fingerprint density at radius 1 is 0.919 bits per heavy atom. The van der Waals surface area contributed by atoms with Gasteiger partial charge >= 0.3 is 0 Å². The van der Waals surface area contributed by atoms with Crippen LogP contribution in [-0.2, 0) is 11.3 Å². The van der Waals surface area contributed by atoms with E-state index in [9.17, 15) is 4.79 Å². The number of rotatable bonds is 5. The van der Waals surface area contributed by atoms with Crippen molar-refractivity contribution in [3.63, 3.8) is 0 Å². The number of carbonyl (C=O) groups is 1. The van der Waals surface area contributed by atoms with Crippen molar-refractivity contribution < 1.29 is 4.79 Å². The molecule has 2 fully saturated rings. The lowest BCUT2D eigenvalue weighted by Crippen LogP contribution is -2.45. The number of nitrogens with one attached hydrogen (secondary N) is 1. The van der Waals surface area contributed by atoms with Crippen LogP contribution in [0, 0.1) is 5.92 Å². The van der Waals surface area contributed by atoms with Gasteiger partial charge in [0.2, 0.25) is 5.91 Å². The maximum atomic E-state index is 13.4. The molecule has 0 saturated carbocycles. The van der Waals surface area contributed by atoms with Gasteiger partial charge in [0.25, 0.3) is 0 Å². The van der Waals surface area contributed by atoms with Gasteiger partial charge in [-0.25, -0.2) is 4.98 Å². The molecule has 0 atom stereocenters. The normalized spacial score (nSPS) is 17.9. The molecule has 0 spiro atoms. The molecule has 0 bridgehead atoms. The summed E-state index contributed by atoms with van der Waals surface area (Å²) in [5, 5.41) is 1.31. The number of pyridine rings is 1. The van der Waals surface area contributed by atoms with E-state index in [4.69, 9.17) is 5.73 Å². The average molecular weight is 494 g/mol. The summed E-state index contributed by atoms with van der Waals surface area (Å²) in [5.41, 5.74) is 12.1. The number of nitrogens with zero attached hydrogens (tertiary/aromatic N) is 3. The number of para-hydroxylation sites is 1. The first-order valence-electron chi connectivity index (χ1n) is 13.5. The quantitative estimate of drug-likeness (QED) is 0.389. The first kappa shape index (κ1) is 23.7. The monoisotopic (exact) mass is 493 g/mol. The van der Waals surface area contributed by atoms with Crippen molar-refractivity contribution in [2.24, 2.45) is 5.92 Å². The van der Waals surface area contributed by atoms with E-state index >= 15 is 0 Å². The van der Waals surface area contributed by atoms with Gasteiger partial charge in [-0.2, -0.15) is 0 Å². The van der Waals surface area contributed by atoms with Crippen LogP contribution in [0.4, 0.5) is 5.82 Å². The Morgan fingerprint density at radius 2 is 1.65 bits per heavy atom. The Balaban J connectivity index is 1.09. The zero-order valence-corrected chi connectivity index (χ0v) is 21.3. The van der Waals surface area contributed by atoms with E-state index < -0.39 is 0 Å². The van der Waals surface area contributed by atoms with E-state index in [0.717, 1.165) is 58.4 Å². The van der Waals surface area contributed by atoms with Crippen LogP contribution in [0.2, 0.25) is 0 Å². The molecule has 4 aromatic rings. The van der Waals surface area contributed by atoms with Crippen LogP contribution in [0.5, 0.6) is 0 Å². The molecule has 2 saturated heterocycles. The maximum absolute atomic E-state index is 13.4. The molecule has 37 heavy (non-hydrogen) atoms. The highest BCUT2D eigenvalue weighted by molar-refractivity contribution is 5.91. The molecular formula is C31H35N5O. The van der Waals surface area contributed by atoms with Crippen molar-refractivity contribution in [2.45, 2.75) is 38.1 Å². The molecule has 190 valence electrons. The third-order valence-electron chi connectivity index (χ3n) is 8.21. The third kappa shape index (κ3) is 4.98. The highest BCUT2D eigenvalue weighted by atomic mass is 16.2. The van der Waals surface area contributed by atoms with Crippen molar-refractivity contribution in [3.05, 3.63) is 84.1 Å². The molecule has 2 aromatic heterocycles. The predicted molar refractivity (Wildman–Crippen MR) is 149 cm³/mol. The molecular weight excluding hydrogens is 458 g/mol. The standard InChI is InChI=1S/C31H35N5O/c32-28-20-22(10-15-33-28)21-35-16-11-25(12-17-35)31(37)36-18-13-23(14-19-36)29-26-8-4-5-9-27(26)34-30(29)24-6-2-1-3-7-24/h1-10,15,20,23,25,34H,11-14,16-19,21H2,(H2,32,33). The van der Waals surface area contributed by atoms with Crippen LogP contribution < -0.4 is 5.73 Å². The number of nitrogen functional groups attached to an aromatic ring is 1. The lowest BCUT2D eigenvalue weighted by molar-refractivity contribution is -0.138. The molecule has 1 amide bonds. The molecule has 6 rings (SSSR count). The largest absolute Gasteiger partial charge is 0.384 e. The minimum absolute atomic E-state index is 0.142. The fourth-order valence-corrected chi connectivity index (χ4v) is 6.26. The Labute approximate surface area is 218 Å². The molecule has 0 unspecified atom stereocenters. The Kier molecular flexibility index (Phi) is 6.66. The van der Waals surface area contributed by atoms with Gasteiger partial charge < -0.3 is 15.6 Å². The number of H-pyrrole nitrogens is 1. The number of anilines is 1. The number of hydrogen-bond acceptors (Lipinski definition) is 4. The van der Waals surface area contributed by atoms with Crippen LogP contribution >= 0.6 is 0 Å². The number of aromatic amines is 1. The zero-order valence-electron chi connectivity index (χ0n) is 21.3. The SMILES string of the molecule is Nc1cc(CN2CCC(C(=O)N3CCC(c4c(-c5ccccc5)[nH]c5ccccc45)CC3)CC2)ccn1. The highest BCUT2D eigenvalue weighted by Gasteiger charge is 2.32. The fourth-order valence-electron chi connectivity index (χ4n) is 6.26. The summed E-state index contributed by atoms with van der Waals surface area (Å²) in [4.78, 5) is 25.8. The first-order valence-corrected chi connectivity index (χ1v) is 13.5. The van der Waals surface area contributed by atoms with E-state index in [0.29, 0.717) is 17.6 Å². The van der Waals surface area contributed by atoms with Gasteiger partial charge in [-0.1, -0.05) is 48.5 Å². The number of piperidine rings is 2. The molecule has 2 aliphatic rings. The zero-order chi connectivity index (χ0) is 25.2. The van der Waals surface area contributed by atoms with Crippen molar-refractivity contribution in [2.75, 3.05) is 31.9 Å². The van der Waals surface area contributed by atoms with Gasteiger partial charge in [-0.05, 0) is 79.6 Å². The molecule has 3 N–H and O–H groups in total. The molecule has 2 aliphatic heterocycles. The number of aromatic nitrogens is 2. The summed E-state index contributed by atoms with van der Waals surface area (Å²) in [6.07, 6.45) is 5.65. The van der Waals surface area contributed by atoms with Crippen LogP contribution in [0.1, 0.15) is 42.7 Å². The average Bonchev–Trinajstić information content (AvgIpc) is 3.33. The smallest absolute Gasteiger partial charge is 0.225 e. The van der Waals surface area contributed by atoms with Gasteiger partial charge in [-0.15, -0.1) is 0 Å². The van der Waals surface area contributed by atoms with Crippen molar-refractivity contribution in [1.82, 2.24) is 19.8 Å². The van der Waals surface area contributed by atoms with Gasteiger partial charge in [0.1, 0.15) is 5.82 Å². The van der Waals surface area contributed by atoms with Crippen LogP contribution in [0.25, 0.3) is 22.2 Å². The number of benzene rings is 2. The van der Waals surface area contributed by atoms with Crippen LogP contribution in [-0.4, -0.2) is 51.9 Å². The van der Waals surface area contributed by atoms with E-state index in [1.807, 2.05) is 12.1 Å². The number of likely N-dealkylation sites (tertiary alicyclic amines) is 2. The van der Waals surface area contributed by atoms with E-state index in [1.165, 1.54) is 33.3 Å². The van der Waals surface area contributed by atoms with Crippen molar-refractivity contribution in [1.29, 1.82) is 0 Å². The summed E-state index contributed by atoms with van der Waals surface area (Å²) in [6.45, 7) is 4.45. The minimum Gasteiger partial charge on any atom is -0.384 e. The summed E-state index contributed by atoms with van der Waals surface area (Å²) in [5.74, 6) is 1.51. The maximum Gasteiger partial charge on any atom is 0.225 e. The predicted octanol–water partition coefficient (Wildman–Crippen LogP) is 5.43. The Morgan fingerprint density at radius 3 is 2.41 bits per heavy atom. The Hall–Kier alpha value is -3.64. The lowest BCUT2D eigenvalue weighted by Gasteiger charge is -2.37. The van der Waals surface area contributed by atoms with Gasteiger partial charge in [0, 0.05) is 48.3 Å². The van der Waals surface area contributed by atoms with Crippen LogP contribution in [0.3, 0.4) is 0 Å².